The number of nitrogens with one attached hydrogen (secondary N) is 1. The minimum atomic E-state index is -0.556. The topological polar surface area (TPSA) is 51.2 Å². The fourth-order valence-corrected chi connectivity index (χ4v) is 2.66. The Labute approximate surface area is 130 Å². The minimum Gasteiger partial charge on any atom is -0.459 e. The van der Waals surface area contributed by atoms with Gasteiger partial charge in [0, 0.05) is 10.4 Å². The normalized spacial score (nSPS) is 12.8. The number of furan rings is 1. The molecule has 0 saturated heterocycles. The van der Waals surface area contributed by atoms with Crippen molar-refractivity contribution in [2.45, 2.75) is 6.04 Å². The number of benzene rings is 2. The molecular weight excluding hydrogens is 314 g/mol. The van der Waals surface area contributed by atoms with E-state index in [4.69, 9.17) is 33.5 Å². The van der Waals surface area contributed by atoms with Crippen LogP contribution in [0.5, 0.6) is 0 Å². The Kier molecular flexibility index (Phi) is 3.87. The third-order valence-corrected chi connectivity index (χ3v) is 3.87. The molecule has 3 aromatic rings. The molecule has 21 heavy (non-hydrogen) atoms. The molecule has 3 rings (SSSR count). The highest BCUT2D eigenvalue weighted by Gasteiger charge is 2.21. The van der Waals surface area contributed by atoms with Gasteiger partial charge in [0.15, 0.2) is 0 Å². The number of nitrogens with two attached hydrogens (primary N) is 1. The molecule has 2 aromatic carbocycles. The van der Waals surface area contributed by atoms with Gasteiger partial charge in [-0.1, -0.05) is 35.3 Å². The van der Waals surface area contributed by atoms with Crippen molar-refractivity contribution in [1.82, 2.24) is 5.43 Å². The predicted octanol–water partition coefficient (Wildman–Crippen LogP) is 4.43. The molecule has 0 aliphatic heterocycles. The van der Waals surface area contributed by atoms with Crippen molar-refractivity contribution in [3.05, 3.63) is 69.7 Å². The molecule has 0 aliphatic rings. The van der Waals surface area contributed by atoms with E-state index in [0.29, 0.717) is 21.9 Å². The Morgan fingerprint density at radius 3 is 2.71 bits per heavy atom. The average Bonchev–Trinajstić information content (AvgIpc) is 2.87. The van der Waals surface area contributed by atoms with Crippen LogP contribution in [0.3, 0.4) is 0 Å². The van der Waals surface area contributed by atoms with Crippen molar-refractivity contribution < 1.29 is 8.81 Å². The lowest BCUT2D eigenvalue weighted by Crippen LogP contribution is -2.28. The highest BCUT2D eigenvalue weighted by Crippen LogP contribution is 2.33. The number of hydrogen-bond acceptors (Lipinski definition) is 3. The van der Waals surface area contributed by atoms with E-state index in [1.165, 1.54) is 6.07 Å². The number of halogens is 3. The van der Waals surface area contributed by atoms with E-state index in [-0.39, 0.29) is 5.02 Å². The molecule has 3 N–H and O–H groups in total. The number of fused-ring (bicyclic) bond motifs is 1. The van der Waals surface area contributed by atoms with Gasteiger partial charge in [-0.2, -0.15) is 0 Å². The predicted molar refractivity (Wildman–Crippen MR) is 81.8 cm³/mol. The summed E-state index contributed by atoms with van der Waals surface area (Å²) in [6.45, 7) is 0. The summed E-state index contributed by atoms with van der Waals surface area (Å²) >= 11 is 12.0. The quantitative estimate of drug-likeness (QED) is 0.553. The van der Waals surface area contributed by atoms with Gasteiger partial charge in [-0.05, 0) is 35.9 Å². The van der Waals surface area contributed by atoms with Crippen molar-refractivity contribution in [3.63, 3.8) is 0 Å². The molecule has 0 saturated carbocycles. The molecule has 1 unspecified atom stereocenters. The first-order valence-corrected chi connectivity index (χ1v) is 6.95. The van der Waals surface area contributed by atoms with Gasteiger partial charge in [0.05, 0.1) is 5.02 Å². The number of hydrogen-bond donors (Lipinski definition) is 2. The first-order valence-electron chi connectivity index (χ1n) is 6.19. The van der Waals surface area contributed by atoms with Crippen molar-refractivity contribution in [1.29, 1.82) is 0 Å². The maximum Gasteiger partial charge on any atom is 0.142 e. The molecule has 6 heteroatoms. The van der Waals surface area contributed by atoms with Crippen LogP contribution in [0.4, 0.5) is 4.39 Å². The highest BCUT2D eigenvalue weighted by molar-refractivity contribution is 6.31. The van der Waals surface area contributed by atoms with E-state index in [9.17, 15) is 4.39 Å². The number of hydrazine groups is 1. The zero-order valence-corrected chi connectivity index (χ0v) is 12.3. The summed E-state index contributed by atoms with van der Waals surface area (Å²) in [5.41, 5.74) is 3.77. The summed E-state index contributed by atoms with van der Waals surface area (Å²) in [5.74, 6) is 5.61. The monoisotopic (exact) mass is 324 g/mol. The van der Waals surface area contributed by atoms with Crippen molar-refractivity contribution >= 4 is 34.2 Å². The summed E-state index contributed by atoms with van der Waals surface area (Å²) in [4.78, 5) is 0. The third-order valence-electron chi connectivity index (χ3n) is 3.24. The molecule has 108 valence electrons. The van der Waals surface area contributed by atoms with Gasteiger partial charge in [-0.15, -0.1) is 0 Å². The van der Waals surface area contributed by atoms with Crippen molar-refractivity contribution in [2.75, 3.05) is 0 Å². The summed E-state index contributed by atoms with van der Waals surface area (Å²) in [6, 6.07) is 11.1. The zero-order chi connectivity index (χ0) is 15.0. The molecule has 3 nitrogen and oxygen atoms in total. The summed E-state index contributed by atoms with van der Waals surface area (Å²) < 4.78 is 19.3. The molecule has 0 amide bonds. The summed E-state index contributed by atoms with van der Waals surface area (Å²) in [7, 11) is 0. The van der Waals surface area contributed by atoms with Crippen molar-refractivity contribution in [2.24, 2.45) is 5.84 Å². The van der Waals surface area contributed by atoms with Crippen LogP contribution in [0.2, 0.25) is 10.0 Å². The van der Waals surface area contributed by atoms with Crippen LogP contribution in [-0.2, 0) is 0 Å². The van der Waals surface area contributed by atoms with Crippen LogP contribution in [-0.4, -0.2) is 0 Å². The smallest absolute Gasteiger partial charge is 0.142 e. The van der Waals surface area contributed by atoms with Crippen molar-refractivity contribution in [3.8, 4) is 0 Å². The lowest BCUT2D eigenvalue weighted by Gasteiger charge is -2.15. The molecule has 0 fully saturated rings. The molecule has 0 aliphatic carbocycles. The van der Waals surface area contributed by atoms with Gasteiger partial charge >= 0.3 is 0 Å². The highest BCUT2D eigenvalue weighted by atomic mass is 35.5. The molecule has 1 aromatic heterocycles. The van der Waals surface area contributed by atoms with Crippen LogP contribution in [0.25, 0.3) is 11.0 Å². The van der Waals surface area contributed by atoms with E-state index in [2.05, 4.69) is 5.43 Å². The Balaban J connectivity index is 2.11. The SMILES string of the molecule is NNC(c1cc2cc(Cl)ccc2o1)c1cccc(F)c1Cl. The second-order valence-corrected chi connectivity index (χ2v) is 5.39. The van der Waals surface area contributed by atoms with E-state index < -0.39 is 11.9 Å². The first-order chi connectivity index (χ1) is 10.1. The lowest BCUT2D eigenvalue weighted by atomic mass is 10.0. The van der Waals surface area contributed by atoms with Crippen LogP contribution in [0.15, 0.2) is 46.9 Å². The van der Waals surface area contributed by atoms with Gasteiger partial charge < -0.3 is 4.42 Å². The maximum absolute atomic E-state index is 13.6. The minimum absolute atomic E-state index is 0.0129. The molecule has 0 radical (unpaired) electrons. The number of rotatable bonds is 3. The second kappa shape index (κ2) is 5.66. The van der Waals surface area contributed by atoms with Gasteiger partial charge in [0.25, 0.3) is 0 Å². The molecule has 0 spiro atoms. The van der Waals surface area contributed by atoms with E-state index in [1.807, 2.05) is 0 Å². The molecule has 1 heterocycles. The third kappa shape index (κ3) is 2.63. The zero-order valence-electron chi connectivity index (χ0n) is 10.7. The fourth-order valence-electron chi connectivity index (χ4n) is 2.25. The van der Waals surface area contributed by atoms with Gasteiger partial charge in [0.2, 0.25) is 0 Å². The summed E-state index contributed by atoms with van der Waals surface area (Å²) in [6.07, 6.45) is 0. The van der Waals surface area contributed by atoms with E-state index in [0.717, 1.165) is 5.39 Å². The van der Waals surface area contributed by atoms with Crippen LogP contribution >= 0.6 is 23.2 Å². The van der Waals surface area contributed by atoms with Gasteiger partial charge in [-0.25, -0.2) is 9.82 Å². The average molecular weight is 325 g/mol. The second-order valence-electron chi connectivity index (χ2n) is 4.57. The Morgan fingerprint density at radius 1 is 1.14 bits per heavy atom. The molecule has 1 atom stereocenters. The van der Waals surface area contributed by atoms with Gasteiger partial charge in [0.1, 0.15) is 23.2 Å². The van der Waals surface area contributed by atoms with E-state index in [1.54, 1.807) is 36.4 Å². The maximum atomic E-state index is 13.6. The fraction of sp³-hybridized carbons (Fsp3) is 0.0667. The Hall–Kier alpha value is -1.59. The standard InChI is InChI=1S/C15H11Cl2FN2O/c16-9-4-5-12-8(6-9)7-13(21-12)15(20-19)10-2-1-3-11(18)14(10)17/h1-7,15,20H,19H2. The van der Waals surface area contributed by atoms with E-state index >= 15 is 0 Å². The van der Waals surface area contributed by atoms with Gasteiger partial charge in [-0.3, -0.25) is 5.84 Å². The van der Waals surface area contributed by atoms with Crippen LogP contribution < -0.4 is 11.3 Å². The first kappa shape index (κ1) is 14.4. The largest absolute Gasteiger partial charge is 0.459 e. The lowest BCUT2D eigenvalue weighted by molar-refractivity contribution is 0.476. The summed E-state index contributed by atoms with van der Waals surface area (Å²) in [5, 5.41) is 1.46. The Bertz CT molecular complexity index is 803. The Morgan fingerprint density at radius 2 is 1.95 bits per heavy atom. The molecule has 0 bridgehead atoms. The van der Waals surface area contributed by atoms with Crippen LogP contribution in [0.1, 0.15) is 17.4 Å². The van der Waals surface area contributed by atoms with Crippen LogP contribution in [0, 0.1) is 5.82 Å². The molecular formula is C15H11Cl2FN2O.